The van der Waals surface area contributed by atoms with E-state index < -0.39 is 0 Å². The molecule has 0 saturated heterocycles. The van der Waals surface area contributed by atoms with Crippen LogP contribution in [0, 0.1) is 0 Å². The number of furan rings is 1. The van der Waals surface area contributed by atoms with Crippen LogP contribution in [0.2, 0.25) is 0 Å². The zero-order chi connectivity index (χ0) is 12.3. The Hall–Kier alpha value is -1.62. The SMILES string of the molecule is C[C@@H](NC(=O)c1cncc(Br)c1)c1ccco1. The summed E-state index contributed by atoms with van der Waals surface area (Å²) in [5.41, 5.74) is 0.512. The molecule has 0 unspecified atom stereocenters. The first-order valence-corrected chi connectivity index (χ1v) is 5.91. The van der Waals surface area contributed by atoms with Gasteiger partial charge >= 0.3 is 0 Å². The van der Waals surface area contributed by atoms with Crippen molar-refractivity contribution in [2.24, 2.45) is 0 Å². The molecule has 0 fully saturated rings. The van der Waals surface area contributed by atoms with Crippen molar-refractivity contribution in [2.45, 2.75) is 13.0 Å². The lowest BCUT2D eigenvalue weighted by molar-refractivity contribution is 0.0935. The van der Waals surface area contributed by atoms with Gasteiger partial charge in [-0.2, -0.15) is 0 Å². The molecule has 0 saturated carbocycles. The van der Waals surface area contributed by atoms with Crippen LogP contribution in [0.1, 0.15) is 29.1 Å². The Morgan fingerprint density at radius 1 is 1.53 bits per heavy atom. The summed E-state index contributed by atoms with van der Waals surface area (Å²) in [6, 6.07) is 5.16. The number of rotatable bonds is 3. The lowest BCUT2D eigenvalue weighted by Crippen LogP contribution is -2.26. The highest BCUT2D eigenvalue weighted by molar-refractivity contribution is 9.10. The number of hydrogen-bond donors (Lipinski definition) is 1. The van der Waals surface area contributed by atoms with Crippen LogP contribution >= 0.6 is 15.9 Å². The molecular weight excluding hydrogens is 284 g/mol. The van der Waals surface area contributed by atoms with E-state index in [9.17, 15) is 4.79 Å². The molecule has 0 radical (unpaired) electrons. The van der Waals surface area contributed by atoms with Crippen LogP contribution in [0.3, 0.4) is 0 Å². The number of nitrogens with one attached hydrogen (secondary N) is 1. The maximum absolute atomic E-state index is 11.9. The van der Waals surface area contributed by atoms with E-state index in [-0.39, 0.29) is 11.9 Å². The molecule has 5 heteroatoms. The third kappa shape index (κ3) is 2.94. The Labute approximate surface area is 107 Å². The van der Waals surface area contributed by atoms with Crippen molar-refractivity contribution in [3.63, 3.8) is 0 Å². The summed E-state index contributed by atoms with van der Waals surface area (Å²) in [4.78, 5) is 15.8. The van der Waals surface area contributed by atoms with Crippen molar-refractivity contribution < 1.29 is 9.21 Å². The third-order valence-electron chi connectivity index (χ3n) is 2.28. The zero-order valence-corrected chi connectivity index (χ0v) is 10.8. The average molecular weight is 295 g/mol. The summed E-state index contributed by atoms with van der Waals surface area (Å²) < 4.78 is 5.99. The van der Waals surface area contributed by atoms with Gasteiger partial charge in [-0.15, -0.1) is 0 Å². The first kappa shape index (κ1) is 11.9. The van der Waals surface area contributed by atoms with Crippen molar-refractivity contribution in [2.75, 3.05) is 0 Å². The molecule has 4 nitrogen and oxygen atoms in total. The summed E-state index contributed by atoms with van der Waals surface area (Å²) in [5.74, 6) is 0.545. The van der Waals surface area contributed by atoms with Crippen molar-refractivity contribution in [3.8, 4) is 0 Å². The van der Waals surface area contributed by atoms with Crippen LogP contribution in [0.15, 0.2) is 45.7 Å². The molecule has 2 heterocycles. The van der Waals surface area contributed by atoms with Gasteiger partial charge in [0.1, 0.15) is 5.76 Å². The van der Waals surface area contributed by atoms with E-state index in [2.05, 4.69) is 26.2 Å². The van der Waals surface area contributed by atoms with Crippen LogP contribution in [0.5, 0.6) is 0 Å². The van der Waals surface area contributed by atoms with Gasteiger partial charge in [0, 0.05) is 16.9 Å². The van der Waals surface area contributed by atoms with Gasteiger partial charge in [0.2, 0.25) is 0 Å². The molecule has 2 aromatic rings. The highest BCUT2D eigenvalue weighted by atomic mass is 79.9. The molecule has 2 aromatic heterocycles. The molecule has 0 aromatic carbocycles. The van der Waals surface area contributed by atoms with Gasteiger partial charge in [-0.3, -0.25) is 9.78 Å². The van der Waals surface area contributed by atoms with E-state index in [0.29, 0.717) is 5.56 Å². The summed E-state index contributed by atoms with van der Waals surface area (Å²) in [5, 5.41) is 2.83. The lowest BCUT2D eigenvalue weighted by atomic mass is 10.2. The summed E-state index contributed by atoms with van der Waals surface area (Å²) in [7, 11) is 0. The number of amides is 1. The maximum Gasteiger partial charge on any atom is 0.253 e. The summed E-state index contributed by atoms with van der Waals surface area (Å²) in [6.07, 6.45) is 4.74. The monoisotopic (exact) mass is 294 g/mol. The minimum atomic E-state index is -0.178. The standard InChI is InChI=1S/C12H11BrN2O2/c1-8(11-3-2-4-17-11)15-12(16)9-5-10(13)7-14-6-9/h2-8H,1H3,(H,15,16)/t8-/m1/s1. The van der Waals surface area contributed by atoms with Crippen molar-refractivity contribution in [1.29, 1.82) is 0 Å². The Morgan fingerprint density at radius 2 is 2.35 bits per heavy atom. The number of nitrogens with zero attached hydrogens (tertiary/aromatic N) is 1. The molecule has 1 amide bonds. The molecule has 0 spiro atoms. The number of aromatic nitrogens is 1. The van der Waals surface area contributed by atoms with E-state index >= 15 is 0 Å². The quantitative estimate of drug-likeness (QED) is 0.947. The van der Waals surface area contributed by atoms with Crippen LogP contribution in [-0.2, 0) is 0 Å². The highest BCUT2D eigenvalue weighted by Crippen LogP contribution is 2.14. The normalized spacial score (nSPS) is 12.1. The molecule has 0 aliphatic heterocycles. The second-order valence-electron chi connectivity index (χ2n) is 3.60. The van der Waals surface area contributed by atoms with E-state index in [0.717, 1.165) is 10.2 Å². The highest BCUT2D eigenvalue weighted by Gasteiger charge is 2.13. The van der Waals surface area contributed by atoms with Crippen LogP contribution < -0.4 is 5.32 Å². The predicted octanol–water partition coefficient (Wildman–Crippen LogP) is 2.93. The predicted molar refractivity (Wildman–Crippen MR) is 66.5 cm³/mol. The molecule has 88 valence electrons. The van der Waals surface area contributed by atoms with Crippen molar-refractivity contribution in [3.05, 3.63) is 52.7 Å². The zero-order valence-electron chi connectivity index (χ0n) is 9.18. The summed E-state index contributed by atoms with van der Waals surface area (Å²) in [6.45, 7) is 1.86. The fourth-order valence-electron chi connectivity index (χ4n) is 1.42. The molecule has 1 atom stereocenters. The molecule has 17 heavy (non-hydrogen) atoms. The van der Waals surface area contributed by atoms with Gasteiger partial charge in [0.05, 0.1) is 17.9 Å². The van der Waals surface area contributed by atoms with Crippen LogP contribution in [-0.4, -0.2) is 10.9 Å². The lowest BCUT2D eigenvalue weighted by Gasteiger charge is -2.11. The molecule has 0 aliphatic carbocycles. The summed E-state index contributed by atoms with van der Waals surface area (Å²) >= 11 is 3.27. The number of carbonyl (C=O) groups is 1. The van der Waals surface area contributed by atoms with E-state index in [1.54, 1.807) is 24.6 Å². The van der Waals surface area contributed by atoms with E-state index in [1.165, 1.54) is 6.20 Å². The number of halogens is 1. The Morgan fingerprint density at radius 3 is 3.00 bits per heavy atom. The molecule has 0 aliphatic rings. The van der Waals surface area contributed by atoms with Crippen molar-refractivity contribution >= 4 is 21.8 Å². The number of carbonyl (C=O) groups excluding carboxylic acids is 1. The van der Waals surface area contributed by atoms with Gasteiger partial charge < -0.3 is 9.73 Å². The number of hydrogen-bond acceptors (Lipinski definition) is 3. The Balaban J connectivity index is 2.07. The van der Waals surface area contributed by atoms with Crippen LogP contribution in [0.25, 0.3) is 0 Å². The number of pyridine rings is 1. The largest absolute Gasteiger partial charge is 0.467 e. The minimum absolute atomic E-state index is 0.170. The smallest absolute Gasteiger partial charge is 0.253 e. The maximum atomic E-state index is 11.9. The topological polar surface area (TPSA) is 55.1 Å². The average Bonchev–Trinajstić information content (AvgIpc) is 2.82. The Bertz CT molecular complexity index is 511. The Kier molecular flexibility index (Phi) is 3.58. The van der Waals surface area contributed by atoms with Gasteiger partial charge in [-0.1, -0.05) is 0 Å². The second kappa shape index (κ2) is 5.14. The van der Waals surface area contributed by atoms with Gasteiger partial charge in [-0.25, -0.2) is 0 Å². The van der Waals surface area contributed by atoms with Gasteiger partial charge in [0.25, 0.3) is 5.91 Å². The molecule has 1 N–H and O–H groups in total. The van der Waals surface area contributed by atoms with E-state index in [1.807, 2.05) is 13.0 Å². The van der Waals surface area contributed by atoms with Crippen molar-refractivity contribution in [1.82, 2.24) is 10.3 Å². The first-order valence-electron chi connectivity index (χ1n) is 5.11. The van der Waals surface area contributed by atoms with E-state index in [4.69, 9.17) is 4.42 Å². The van der Waals surface area contributed by atoms with Gasteiger partial charge in [-0.05, 0) is 41.1 Å². The minimum Gasteiger partial charge on any atom is -0.467 e. The molecule has 0 bridgehead atoms. The molecule has 2 rings (SSSR count). The fourth-order valence-corrected chi connectivity index (χ4v) is 1.79. The van der Waals surface area contributed by atoms with Gasteiger partial charge in [0.15, 0.2) is 0 Å². The first-order chi connectivity index (χ1) is 8.16. The van der Waals surface area contributed by atoms with Crippen LogP contribution in [0.4, 0.5) is 0 Å². The molecular formula is C12H11BrN2O2. The third-order valence-corrected chi connectivity index (χ3v) is 2.72. The second-order valence-corrected chi connectivity index (χ2v) is 4.52. The fraction of sp³-hybridized carbons (Fsp3) is 0.167.